The predicted octanol–water partition coefficient (Wildman–Crippen LogP) is 3.58. The van der Waals surface area contributed by atoms with Crippen LogP contribution in [0.4, 0.5) is 5.69 Å². The Morgan fingerprint density at radius 2 is 1.90 bits per heavy atom. The molecule has 1 amide bonds. The minimum Gasteiger partial charge on any atom is -0.320 e. The third kappa shape index (κ3) is 2.79. The Bertz CT molecular complexity index is 833. The molecule has 0 saturated carbocycles. The summed E-state index contributed by atoms with van der Waals surface area (Å²) in [7, 11) is 0. The van der Waals surface area contributed by atoms with E-state index in [-0.39, 0.29) is 15.9 Å². The Hall–Kier alpha value is -2.24. The monoisotopic (exact) mass is 318 g/mol. The number of aromatic nitrogens is 3. The summed E-state index contributed by atoms with van der Waals surface area (Å²) in [6.45, 7) is 0. The quantitative estimate of drug-likeness (QED) is 0.784. The SMILES string of the molecule is O=C(Nc1cccc2cccnc12)c1cc(Cl)nnc1Cl. The number of nitrogens with one attached hydrogen (secondary N) is 1. The molecule has 3 rings (SSSR count). The Kier molecular flexibility index (Phi) is 3.68. The van der Waals surface area contributed by atoms with E-state index in [1.165, 1.54) is 6.07 Å². The summed E-state index contributed by atoms with van der Waals surface area (Å²) >= 11 is 11.6. The highest BCUT2D eigenvalue weighted by Gasteiger charge is 2.14. The van der Waals surface area contributed by atoms with Gasteiger partial charge in [-0.25, -0.2) is 0 Å². The van der Waals surface area contributed by atoms with Crippen molar-refractivity contribution in [3.63, 3.8) is 0 Å². The van der Waals surface area contributed by atoms with Crippen LogP contribution in [0.2, 0.25) is 10.3 Å². The van der Waals surface area contributed by atoms with Crippen molar-refractivity contribution in [2.75, 3.05) is 5.32 Å². The van der Waals surface area contributed by atoms with Gasteiger partial charge in [0.05, 0.1) is 16.8 Å². The van der Waals surface area contributed by atoms with Gasteiger partial charge in [0.2, 0.25) is 0 Å². The summed E-state index contributed by atoms with van der Waals surface area (Å²) in [4.78, 5) is 16.5. The third-order valence-electron chi connectivity index (χ3n) is 2.84. The Labute approximate surface area is 129 Å². The number of amides is 1. The number of carbonyl (C=O) groups excluding carboxylic acids is 1. The molecule has 0 bridgehead atoms. The smallest absolute Gasteiger partial charge is 0.259 e. The lowest BCUT2D eigenvalue weighted by molar-refractivity contribution is 0.102. The highest BCUT2D eigenvalue weighted by atomic mass is 35.5. The van der Waals surface area contributed by atoms with Crippen LogP contribution in [0.5, 0.6) is 0 Å². The van der Waals surface area contributed by atoms with Crippen molar-refractivity contribution in [3.05, 3.63) is 58.5 Å². The van der Waals surface area contributed by atoms with E-state index in [4.69, 9.17) is 23.2 Å². The second-order valence-corrected chi connectivity index (χ2v) is 4.95. The molecule has 0 aliphatic heterocycles. The molecule has 2 heterocycles. The highest BCUT2D eigenvalue weighted by molar-refractivity contribution is 6.34. The predicted molar refractivity (Wildman–Crippen MR) is 81.7 cm³/mol. The molecular formula is C14H8Cl2N4O. The number of rotatable bonds is 2. The van der Waals surface area contributed by atoms with Crippen molar-refractivity contribution in [2.45, 2.75) is 0 Å². The first kappa shape index (κ1) is 13.7. The number of para-hydroxylation sites is 1. The van der Waals surface area contributed by atoms with E-state index in [1.54, 1.807) is 12.3 Å². The zero-order chi connectivity index (χ0) is 14.8. The van der Waals surface area contributed by atoms with Crippen LogP contribution in [-0.2, 0) is 0 Å². The van der Waals surface area contributed by atoms with Gasteiger partial charge in [-0.15, -0.1) is 10.2 Å². The van der Waals surface area contributed by atoms with E-state index >= 15 is 0 Å². The lowest BCUT2D eigenvalue weighted by Gasteiger charge is -2.08. The van der Waals surface area contributed by atoms with Crippen LogP contribution in [0.15, 0.2) is 42.6 Å². The van der Waals surface area contributed by atoms with Gasteiger partial charge in [-0.3, -0.25) is 9.78 Å². The van der Waals surface area contributed by atoms with E-state index < -0.39 is 5.91 Å². The first-order chi connectivity index (χ1) is 10.1. The van der Waals surface area contributed by atoms with E-state index in [0.29, 0.717) is 11.2 Å². The maximum absolute atomic E-state index is 12.3. The van der Waals surface area contributed by atoms with Gasteiger partial charge in [-0.2, -0.15) is 0 Å². The number of halogens is 2. The van der Waals surface area contributed by atoms with Gasteiger partial charge in [0.1, 0.15) is 0 Å². The molecule has 2 aromatic heterocycles. The van der Waals surface area contributed by atoms with Gasteiger partial charge in [0.15, 0.2) is 10.3 Å². The number of hydrogen-bond acceptors (Lipinski definition) is 4. The van der Waals surface area contributed by atoms with Crippen LogP contribution in [0.25, 0.3) is 10.9 Å². The summed E-state index contributed by atoms with van der Waals surface area (Å²) in [5.41, 5.74) is 1.43. The molecule has 0 atom stereocenters. The number of hydrogen-bond donors (Lipinski definition) is 1. The number of pyridine rings is 1. The lowest BCUT2D eigenvalue weighted by atomic mass is 10.2. The highest BCUT2D eigenvalue weighted by Crippen LogP contribution is 2.23. The van der Waals surface area contributed by atoms with Crippen molar-refractivity contribution in [3.8, 4) is 0 Å². The van der Waals surface area contributed by atoms with Crippen molar-refractivity contribution in [2.24, 2.45) is 0 Å². The van der Waals surface area contributed by atoms with Gasteiger partial charge >= 0.3 is 0 Å². The first-order valence-corrected chi connectivity index (χ1v) is 6.74. The average molecular weight is 319 g/mol. The van der Waals surface area contributed by atoms with Crippen LogP contribution in [0, 0.1) is 0 Å². The van der Waals surface area contributed by atoms with Gasteiger partial charge in [0, 0.05) is 11.6 Å². The number of fused-ring (bicyclic) bond motifs is 1. The maximum Gasteiger partial charge on any atom is 0.259 e. The third-order valence-corrected chi connectivity index (χ3v) is 3.31. The molecule has 21 heavy (non-hydrogen) atoms. The minimum absolute atomic E-state index is 0.00917. The molecule has 0 radical (unpaired) electrons. The molecule has 1 aromatic carbocycles. The van der Waals surface area contributed by atoms with E-state index in [0.717, 1.165) is 5.39 Å². The molecule has 0 aliphatic rings. The molecule has 0 aliphatic carbocycles. The van der Waals surface area contributed by atoms with Crippen LogP contribution in [0.1, 0.15) is 10.4 Å². The van der Waals surface area contributed by atoms with Gasteiger partial charge in [-0.1, -0.05) is 41.4 Å². The van der Waals surface area contributed by atoms with Crippen LogP contribution >= 0.6 is 23.2 Å². The Balaban J connectivity index is 1.99. The van der Waals surface area contributed by atoms with E-state index in [1.807, 2.05) is 24.3 Å². The van der Waals surface area contributed by atoms with Gasteiger partial charge in [0.25, 0.3) is 5.91 Å². The van der Waals surface area contributed by atoms with Gasteiger partial charge in [-0.05, 0) is 18.2 Å². The molecule has 0 fully saturated rings. The average Bonchev–Trinajstić information content (AvgIpc) is 2.50. The molecule has 0 saturated heterocycles. The fraction of sp³-hybridized carbons (Fsp3) is 0. The molecule has 5 nitrogen and oxygen atoms in total. The number of carbonyl (C=O) groups is 1. The zero-order valence-corrected chi connectivity index (χ0v) is 12.1. The van der Waals surface area contributed by atoms with Crippen molar-refractivity contribution in [1.82, 2.24) is 15.2 Å². The summed E-state index contributed by atoms with van der Waals surface area (Å²) in [6, 6.07) is 10.6. The normalized spacial score (nSPS) is 10.6. The fourth-order valence-corrected chi connectivity index (χ4v) is 2.23. The molecule has 1 N–H and O–H groups in total. The fourth-order valence-electron chi connectivity index (χ4n) is 1.91. The van der Waals surface area contributed by atoms with Crippen LogP contribution in [-0.4, -0.2) is 21.1 Å². The second-order valence-electron chi connectivity index (χ2n) is 4.21. The zero-order valence-electron chi connectivity index (χ0n) is 10.5. The minimum atomic E-state index is -0.421. The van der Waals surface area contributed by atoms with Crippen LogP contribution < -0.4 is 5.32 Å². The number of nitrogens with zero attached hydrogens (tertiary/aromatic N) is 3. The van der Waals surface area contributed by atoms with Crippen molar-refractivity contribution < 1.29 is 4.79 Å². The first-order valence-electron chi connectivity index (χ1n) is 5.99. The summed E-state index contributed by atoms with van der Waals surface area (Å²) in [6.07, 6.45) is 1.66. The molecule has 0 unspecified atom stereocenters. The molecule has 0 spiro atoms. The van der Waals surface area contributed by atoms with Gasteiger partial charge < -0.3 is 5.32 Å². The molecular weight excluding hydrogens is 311 g/mol. The summed E-state index contributed by atoms with van der Waals surface area (Å²) < 4.78 is 0. The van der Waals surface area contributed by atoms with Crippen molar-refractivity contribution >= 4 is 45.7 Å². The lowest BCUT2D eigenvalue weighted by Crippen LogP contribution is -2.14. The van der Waals surface area contributed by atoms with Crippen molar-refractivity contribution in [1.29, 1.82) is 0 Å². The van der Waals surface area contributed by atoms with E-state index in [9.17, 15) is 4.79 Å². The summed E-state index contributed by atoms with van der Waals surface area (Å²) in [5, 5.41) is 10.9. The van der Waals surface area contributed by atoms with E-state index in [2.05, 4.69) is 20.5 Å². The standard InChI is InChI=1S/C14H8Cl2N4O/c15-11-7-9(13(16)20-19-11)14(21)18-10-5-1-3-8-4-2-6-17-12(8)10/h1-7H,(H,18,21). The maximum atomic E-state index is 12.3. The molecule has 104 valence electrons. The summed E-state index contributed by atoms with van der Waals surface area (Å²) in [5.74, 6) is -0.421. The molecule has 3 aromatic rings. The Morgan fingerprint density at radius 3 is 2.76 bits per heavy atom. The van der Waals surface area contributed by atoms with Crippen LogP contribution in [0.3, 0.4) is 0 Å². The Morgan fingerprint density at radius 1 is 1.10 bits per heavy atom. The second kappa shape index (κ2) is 5.63. The topological polar surface area (TPSA) is 67.8 Å². The number of anilines is 1. The number of benzene rings is 1. The largest absolute Gasteiger partial charge is 0.320 e. The molecule has 7 heteroatoms.